The highest BCUT2D eigenvalue weighted by molar-refractivity contribution is 5.90. The molecule has 2 heterocycles. The van der Waals surface area contributed by atoms with Gasteiger partial charge in [0.15, 0.2) is 0 Å². The van der Waals surface area contributed by atoms with Gasteiger partial charge in [-0.2, -0.15) is 0 Å². The van der Waals surface area contributed by atoms with E-state index in [1.54, 1.807) is 9.80 Å². The second-order valence-electron chi connectivity index (χ2n) is 11.2. The first-order chi connectivity index (χ1) is 15.3. The molecule has 2 rings (SSSR count). The van der Waals surface area contributed by atoms with Gasteiger partial charge in [-0.25, -0.2) is 4.79 Å². The number of hydrogen-bond donors (Lipinski definition) is 1. The molecule has 0 aromatic rings. The van der Waals surface area contributed by atoms with Gasteiger partial charge in [0.05, 0.1) is 12.6 Å². The Hall–Kier alpha value is -2.16. The minimum absolute atomic E-state index is 0.136. The van der Waals surface area contributed by atoms with Crippen LogP contribution in [0.15, 0.2) is 0 Å². The zero-order chi connectivity index (χ0) is 24.8. The first-order valence-electron chi connectivity index (χ1n) is 11.9. The van der Waals surface area contributed by atoms with E-state index in [1.165, 1.54) is 0 Å². The molecule has 0 saturated carbocycles. The van der Waals surface area contributed by atoms with E-state index in [-0.39, 0.29) is 30.4 Å². The van der Waals surface area contributed by atoms with E-state index in [4.69, 9.17) is 9.47 Å². The number of ether oxygens (including phenoxy) is 2. The number of nitrogens with zero attached hydrogens (tertiary/aromatic N) is 2. The highest BCUT2D eigenvalue weighted by Gasteiger charge is 2.39. The Kier molecular flexibility index (Phi) is 9.29. The summed E-state index contributed by atoms with van der Waals surface area (Å²) < 4.78 is 11.1. The van der Waals surface area contributed by atoms with E-state index in [1.807, 2.05) is 41.5 Å². The number of aldehydes is 1. The third kappa shape index (κ3) is 8.28. The van der Waals surface area contributed by atoms with Crippen LogP contribution in [0, 0.1) is 11.3 Å². The second kappa shape index (κ2) is 11.3. The summed E-state index contributed by atoms with van der Waals surface area (Å²) in [6, 6.07) is -1.15. The minimum Gasteiger partial charge on any atom is -0.444 e. The van der Waals surface area contributed by atoms with Gasteiger partial charge in [0.1, 0.15) is 24.5 Å². The van der Waals surface area contributed by atoms with Crippen LogP contribution in [-0.4, -0.2) is 84.5 Å². The van der Waals surface area contributed by atoms with Gasteiger partial charge in [-0.05, 0) is 57.8 Å². The van der Waals surface area contributed by atoms with Crippen LogP contribution in [0.25, 0.3) is 0 Å². The van der Waals surface area contributed by atoms with Crippen molar-refractivity contribution < 1.29 is 28.7 Å². The average molecular weight is 468 g/mol. The molecule has 2 unspecified atom stereocenters. The summed E-state index contributed by atoms with van der Waals surface area (Å²) in [6.45, 7) is 13.2. The SMILES string of the molecule is CC(C)(C)OC(=O)N1CCC(COCC(=O)NC(C(=O)N2CCCC2C=O)C(C)(C)C)CC1. The van der Waals surface area contributed by atoms with Crippen molar-refractivity contribution >= 4 is 24.2 Å². The Morgan fingerprint density at radius 3 is 2.21 bits per heavy atom. The van der Waals surface area contributed by atoms with Crippen molar-refractivity contribution in [3.8, 4) is 0 Å². The van der Waals surface area contributed by atoms with Gasteiger partial charge in [0.2, 0.25) is 11.8 Å². The highest BCUT2D eigenvalue weighted by atomic mass is 16.6. The van der Waals surface area contributed by atoms with Crippen LogP contribution in [0.3, 0.4) is 0 Å². The van der Waals surface area contributed by atoms with Crippen molar-refractivity contribution in [2.24, 2.45) is 11.3 Å². The van der Waals surface area contributed by atoms with Gasteiger partial charge in [-0.1, -0.05) is 20.8 Å². The van der Waals surface area contributed by atoms with Gasteiger partial charge in [0.25, 0.3) is 0 Å². The molecule has 0 bridgehead atoms. The quantitative estimate of drug-likeness (QED) is 0.577. The molecule has 188 valence electrons. The lowest BCUT2D eigenvalue weighted by Crippen LogP contribution is -2.56. The summed E-state index contributed by atoms with van der Waals surface area (Å²) in [5.74, 6) is -0.314. The van der Waals surface area contributed by atoms with Crippen LogP contribution in [0.1, 0.15) is 67.2 Å². The molecule has 2 saturated heterocycles. The molecule has 0 spiro atoms. The number of rotatable bonds is 7. The zero-order valence-corrected chi connectivity index (χ0v) is 21.0. The van der Waals surface area contributed by atoms with E-state index in [2.05, 4.69) is 5.32 Å². The molecule has 9 nitrogen and oxygen atoms in total. The molecular weight excluding hydrogens is 426 g/mol. The maximum atomic E-state index is 13.1. The van der Waals surface area contributed by atoms with Gasteiger partial charge >= 0.3 is 6.09 Å². The fourth-order valence-corrected chi connectivity index (χ4v) is 4.15. The average Bonchev–Trinajstić information content (AvgIpc) is 3.19. The number of hydrogen-bond acceptors (Lipinski definition) is 6. The second-order valence-corrected chi connectivity index (χ2v) is 11.2. The van der Waals surface area contributed by atoms with Gasteiger partial charge in [-0.3, -0.25) is 9.59 Å². The van der Waals surface area contributed by atoms with E-state index < -0.39 is 23.1 Å². The van der Waals surface area contributed by atoms with Crippen molar-refractivity contribution in [1.82, 2.24) is 15.1 Å². The number of piperidine rings is 1. The molecule has 2 aliphatic rings. The van der Waals surface area contributed by atoms with Crippen LogP contribution < -0.4 is 5.32 Å². The lowest BCUT2D eigenvalue weighted by atomic mass is 9.85. The molecule has 2 atom stereocenters. The predicted molar refractivity (Wildman–Crippen MR) is 124 cm³/mol. The van der Waals surface area contributed by atoms with E-state index in [9.17, 15) is 19.2 Å². The van der Waals surface area contributed by atoms with Crippen molar-refractivity contribution in [3.63, 3.8) is 0 Å². The van der Waals surface area contributed by atoms with E-state index >= 15 is 0 Å². The highest BCUT2D eigenvalue weighted by Crippen LogP contribution is 2.25. The van der Waals surface area contributed by atoms with E-state index in [0.717, 1.165) is 25.5 Å². The van der Waals surface area contributed by atoms with E-state index in [0.29, 0.717) is 32.7 Å². The number of nitrogens with one attached hydrogen (secondary N) is 1. The fourth-order valence-electron chi connectivity index (χ4n) is 4.15. The molecule has 3 amide bonds. The molecule has 2 aliphatic heterocycles. The maximum absolute atomic E-state index is 13.1. The molecule has 0 aliphatic carbocycles. The van der Waals surface area contributed by atoms with Crippen molar-refractivity contribution in [3.05, 3.63) is 0 Å². The summed E-state index contributed by atoms with van der Waals surface area (Å²) in [7, 11) is 0. The van der Waals surface area contributed by atoms with Crippen LogP contribution in [-0.2, 0) is 23.9 Å². The van der Waals surface area contributed by atoms with Gasteiger partial charge in [-0.15, -0.1) is 0 Å². The molecule has 0 aromatic carbocycles. The summed E-state index contributed by atoms with van der Waals surface area (Å²) in [5, 5.41) is 2.82. The Labute approximate surface area is 197 Å². The first-order valence-corrected chi connectivity index (χ1v) is 11.9. The van der Waals surface area contributed by atoms with Crippen LogP contribution in [0.4, 0.5) is 4.79 Å². The molecular formula is C24H41N3O6. The number of carbonyl (C=O) groups excluding carboxylic acids is 4. The summed E-state index contributed by atoms with van der Waals surface area (Å²) in [5.41, 5.74) is -1.02. The summed E-state index contributed by atoms with van der Waals surface area (Å²) in [6.07, 6.45) is 3.53. The Balaban J connectivity index is 1.78. The molecule has 9 heteroatoms. The first kappa shape index (κ1) is 27.1. The topological polar surface area (TPSA) is 105 Å². The molecule has 0 radical (unpaired) electrons. The largest absolute Gasteiger partial charge is 0.444 e. The summed E-state index contributed by atoms with van der Waals surface area (Å²) in [4.78, 5) is 52.3. The number of amides is 3. The van der Waals surface area contributed by atoms with Crippen molar-refractivity contribution in [2.45, 2.75) is 84.9 Å². The Bertz CT molecular complexity index is 704. The predicted octanol–water partition coefficient (Wildman–Crippen LogP) is 2.37. The lowest BCUT2D eigenvalue weighted by Gasteiger charge is -2.35. The zero-order valence-electron chi connectivity index (χ0n) is 21.0. The van der Waals surface area contributed by atoms with Crippen LogP contribution in [0.5, 0.6) is 0 Å². The molecule has 33 heavy (non-hydrogen) atoms. The third-order valence-corrected chi connectivity index (χ3v) is 6.01. The smallest absolute Gasteiger partial charge is 0.410 e. The lowest BCUT2D eigenvalue weighted by molar-refractivity contribution is -0.142. The normalized spacial score (nSPS) is 21.0. The van der Waals surface area contributed by atoms with Crippen molar-refractivity contribution in [2.75, 3.05) is 32.8 Å². The van der Waals surface area contributed by atoms with Gasteiger partial charge in [0, 0.05) is 19.6 Å². The third-order valence-electron chi connectivity index (χ3n) is 6.01. The molecule has 2 fully saturated rings. The Morgan fingerprint density at radius 2 is 1.67 bits per heavy atom. The van der Waals surface area contributed by atoms with Crippen molar-refractivity contribution in [1.29, 1.82) is 0 Å². The number of likely N-dealkylation sites (tertiary alicyclic amines) is 2. The number of carbonyl (C=O) groups is 4. The monoisotopic (exact) mass is 467 g/mol. The molecule has 0 aromatic heterocycles. The minimum atomic E-state index is -0.730. The van der Waals surface area contributed by atoms with Gasteiger partial charge < -0.3 is 29.4 Å². The maximum Gasteiger partial charge on any atom is 0.410 e. The van der Waals surface area contributed by atoms with Crippen LogP contribution >= 0.6 is 0 Å². The Morgan fingerprint density at radius 1 is 1.03 bits per heavy atom. The summed E-state index contributed by atoms with van der Waals surface area (Å²) >= 11 is 0. The fraction of sp³-hybridized carbons (Fsp3) is 0.833. The standard InChI is InChI=1S/C24H41N3O6/c1-23(2,3)20(21(30)27-11-7-8-18(27)14-28)25-19(29)16-32-15-17-9-12-26(13-10-17)22(31)33-24(4,5)6/h14,17-18,20H,7-13,15-16H2,1-6H3,(H,25,29). The molecule has 1 N–H and O–H groups in total. The van der Waals surface area contributed by atoms with Crippen LogP contribution in [0.2, 0.25) is 0 Å².